The van der Waals surface area contributed by atoms with Gasteiger partial charge in [0.2, 0.25) is 0 Å². The van der Waals surface area contributed by atoms with Crippen LogP contribution in [0.5, 0.6) is 5.75 Å². The van der Waals surface area contributed by atoms with Gasteiger partial charge in [0, 0.05) is 6.04 Å². The highest BCUT2D eigenvalue weighted by atomic mass is 32.2. The van der Waals surface area contributed by atoms with Crippen molar-refractivity contribution in [3.8, 4) is 5.75 Å². The Hall–Kier alpha value is -0.670. The topological polar surface area (TPSA) is 35.2 Å². The summed E-state index contributed by atoms with van der Waals surface area (Å²) in [6, 6.07) is 8.40. The van der Waals surface area contributed by atoms with Gasteiger partial charge in [-0.2, -0.15) is 11.8 Å². The van der Waals surface area contributed by atoms with Crippen molar-refractivity contribution in [1.29, 1.82) is 0 Å². The standard InChI is InChI=1S/C13H21NOS/c1-3-16-8-7-12(14)9-11-5-4-6-13(10-11)15-2/h4-6,10,12H,3,7-9,14H2,1-2H3. The maximum atomic E-state index is 6.08. The zero-order valence-electron chi connectivity index (χ0n) is 10.1. The Morgan fingerprint density at radius 3 is 2.94 bits per heavy atom. The van der Waals surface area contributed by atoms with Crippen LogP contribution < -0.4 is 10.5 Å². The van der Waals surface area contributed by atoms with Gasteiger partial charge in [-0.15, -0.1) is 0 Å². The molecule has 0 aromatic heterocycles. The predicted octanol–water partition coefficient (Wildman–Crippen LogP) is 2.71. The summed E-state index contributed by atoms with van der Waals surface area (Å²) in [6.45, 7) is 2.18. The molecular weight excluding hydrogens is 218 g/mol. The van der Waals surface area contributed by atoms with Gasteiger partial charge in [0.1, 0.15) is 5.75 Å². The lowest BCUT2D eigenvalue weighted by molar-refractivity contribution is 0.414. The summed E-state index contributed by atoms with van der Waals surface area (Å²) in [7, 11) is 1.69. The van der Waals surface area contributed by atoms with Crippen molar-refractivity contribution in [2.45, 2.75) is 25.8 Å². The summed E-state index contributed by atoms with van der Waals surface area (Å²) in [5.74, 6) is 3.24. The lowest BCUT2D eigenvalue weighted by atomic mass is 10.0. The molecule has 16 heavy (non-hydrogen) atoms. The zero-order valence-corrected chi connectivity index (χ0v) is 10.9. The van der Waals surface area contributed by atoms with Crippen LogP contribution in [0.1, 0.15) is 18.9 Å². The van der Waals surface area contributed by atoms with E-state index in [1.54, 1.807) is 7.11 Å². The molecule has 0 saturated carbocycles. The molecule has 0 spiro atoms. The first-order valence-electron chi connectivity index (χ1n) is 5.72. The second-order valence-electron chi connectivity index (χ2n) is 3.80. The molecule has 0 fully saturated rings. The highest BCUT2D eigenvalue weighted by molar-refractivity contribution is 7.99. The molecule has 3 heteroatoms. The van der Waals surface area contributed by atoms with Gasteiger partial charge < -0.3 is 10.5 Å². The minimum Gasteiger partial charge on any atom is -0.497 e. The second kappa shape index (κ2) is 7.58. The van der Waals surface area contributed by atoms with Crippen LogP contribution in [0.15, 0.2) is 24.3 Å². The van der Waals surface area contributed by atoms with Gasteiger partial charge in [0.05, 0.1) is 7.11 Å². The maximum Gasteiger partial charge on any atom is 0.119 e. The number of methoxy groups -OCH3 is 1. The minimum atomic E-state index is 0.256. The van der Waals surface area contributed by atoms with Crippen molar-refractivity contribution < 1.29 is 4.74 Å². The van der Waals surface area contributed by atoms with Crippen LogP contribution in [-0.4, -0.2) is 24.7 Å². The van der Waals surface area contributed by atoms with E-state index < -0.39 is 0 Å². The van der Waals surface area contributed by atoms with E-state index in [0.717, 1.165) is 24.3 Å². The summed E-state index contributed by atoms with van der Waals surface area (Å²) in [5.41, 5.74) is 7.34. The molecule has 0 saturated heterocycles. The summed E-state index contributed by atoms with van der Waals surface area (Å²) >= 11 is 1.95. The van der Waals surface area contributed by atoms with E-state index in [-0.39, 0.29) is 6.04 Å². The SMILES string of the molecule is CCSCCC(N)Cc1cccc(OC)c1. The van der Waals surface area contributed by atoms with Crippen molar-refractivity contribution in [3.63, 3.8) is 0 Å². The van der Waals surface area contributed by atoms with Crippen LogP contribution in [0.3, 0.4) is 0 Å². The van der Waals surface area contributed by atoms with E-state index in [0.29, 0.717) is 0 Å². The molecule has 0 aliphatic rings. The number of benzene rings is 1. The van der Waals surface area contributed by atoms with Crippen molar-refractivity contribution in [2.75, 3.05) is 18.6 Å². The summed E-state index contributed by atoms with van der Waals surface area (Å²) in [5, 5.41) is 0. The molecule has 0 heterocycles. The molecule has 2 nitrogen and oxygen atoms in total. The lowest BCUT2D eigenvalue weighted by Crippen LogP contribution is -2.23. The van der Waals surface area contributed by atoms with Gasteiger partial charge in [-0.05, 0) is 42.0 Å². The molecule has 0 amide bonds. The van der Waals surface area contributed by atoms with Crippen molar-refractivity contribution in [2.24, 2.45) is 5.73 Å². The number of thioether (sulfide) groups is 1. The second-order valence-corrected chi connectivity index (χ2v) is 5.20. The first kappa shape index (κ1) is 13.4. The Balaban J connectivity index is 2.39. The molecule has 0 aliphatic carbocycles. The maximum absolute atomic E-state index is 6.08. The molecule has 1 aromatic carbocycles. The summed E-state index contributed by atoms with van der Waals surface area (Å²) < 4.78 is 5.19. The predicted molar refractivity (Wildman–Crippen MR) is 72.3 cm³/mol. The van der Waals surface area contributed by atoms with Gasteiger partial charge in [0.15, 0.2) is 0 Å². The van der Waals surface area contributed by atoms with Gasteiger partial charge in [0.25, 0.3) is 0 Å². The molecular formula is C13H21NOS. The van der Waals surface area contributed by atoms with Crippen molar-refractivity contribution in [3.05, 3.63) is 29.8 Å². The van der Waals surface area contributed by atoms with Crippen LogP contribution in [0, 0.1) is 0 Å². The summed E-state index contributed by atoms with van der Waals surface area (Å²) in [4.78, 5) is 0. The molecule has 0 bridgehead atoms. The van der Waals surface area contributed by atoms with Gasteiger partial charge in [-0.25, -0.2) is 0 Å². The van der Waals surface area contributed by atoms with E-state index in [1.165, 1.54) is 11.3 Å². The summed E-state index contributed by atoms with van der Waals surface area (Å²) in [6.07, 6.45) is 2.01. The highest BCUT2D eigenvalue weighted by Crippen LogP contribution is 2.15. The van der Waals surface area contributed by atoms with E-state index >= 15 is 0 Å². The fraction of sp³-hybridized carbons (Fsp3) is 0.538. The third-order valence-corrected chi connectivity index (χ3v) is 3.40. The number of ether oxygens (including phenoxy) is 1. The molecule has 1 atom stereocenters. The Kier molecular flexibility index (Phi) is 6.34. The Morgan fingerprint density at radius 1 is 1.44 bits per heavy atom. The average Bonchev–Trinajstić information content (AvgIpc) is 2.29. The number of nitrogens with two attached hydrogens (primary N) is 1. The van der Waals surface area contributed by atoms with Crippen molar-refractivity contribution >= 4 is 11.8 Å². The van der Waals surface area contributed by atoms with Crippen LogP contribution >= 0.6 is 11.8 Å². The van der Waals surface area contributed by atoms with E-state index in [1.807, 2.05) is 23.9 Å². The van der Waals surface area contributed by atoms with Gasteiger partial charge in [-0.1, -0.05) is 19.1 Å². The van der Waals surface area contributed by atoms with Crippen LogP contribution in [0.25, 0.3) is 0 Å². The average molecular weight is 239 g/mol. The first-order chi connectivity index (χ1) is 7.76. The zero-order chi connectivity index (χ0) is 11.8. The van der Waals surface area contributed by atoms with Gasteiger partial charge >= 0.3 is 0 Å². The fourth-order valence-corrected chi connectivity index (χ4v) is 2.34. The number of rotatable bonds is 7. The molecule has 90 valence electrons. The van der Waals surface area contributed by atoms with E-state index in [4.69, 9.17) is 10.5 Å². The van der Waals surface area contributed by atoms with E-state index in [2.05, 4.69) is 19.1 Å². The lowest BCUT2D eigenvalue weighted by Gasteiger charge is -2.11. The van der Waals surface area contributed by atoms with Gasteiger partial charge in [-0.3, -0.25) is 0 Å². The number of hydrogen-bond acceptors (Lipinski definition) is 3. The molecule has 1 aromatic rings. The molecule has 0 aliphatic heterocycles. The third-order valence-electron chi connectivity index (χ3n) is 2.47. The first-order valence-corrected chi connectivity index (χ1v) is 6.88. The Bertz CT molecular complexity index is 304. The third kappa shape index (κ3) is 4.90. The van der Waals surface area contributed by atoms with E-state index in [9.17, 15) is 0 Å². The van der Waals surface area contributed by atoms with Crippen LogP contribution in [0.2, 0.25) is 0 Å². The largest absolute Gasteiger partial charge is 0.497 e. The molecule has 0 radical (unpaired) electrons. The molecule has 2 N–H and O–H groups in total. The normalized spacial score (nSPS) is 12.4. The Morgan fingerprint density at radius 2 is 2.25 bits per heavy atom. The minimum absolute atomic E-state index is 0.256. The molecule has 1 unspecified atom stereocenters. The molecule has 1 rings (SSSR count). The quantitative estimate of drug-likeness (QED) is 0.743. The smallest absolute Gasteiger partial charge is 0.119 e. The number of hydrogen-bond donors (Lipinski definition) is 1. The van der Waals surface area contributed by atoms with Crippen molar-refractivity contribution in [1.82, 2.24) is 0 Å². The highest BCUT2D eigenvalue weighted by Gasteiger charge is 2.04. The van der Waals surface area contributed by atoms with Crippen LogP contribution in [0.4, 0.5) is 0 Å². The fourth-order valence-electron chi connectivity index (χ4n) is 1.58. The monoisotopic (exact) mass is 239 g/mol. The Labute approximate surface area is 103 Å². The van der Waals surface area contributed by atoms with Crippen LogP contribution in [-0.2, 0) is 6.42 Å².